The smallest absolute Gasteiger partial charge is 0.157 e. The summed E-state index contributed by atoms with van der Waals surface area (Å²) in [5.41, 5.74) is 6.05. The summed E-state index contributed by atoms with van der Waals surface area (Å²) in [6.45, 7) is 2.07. The molecule has 16 heavy (non-hydrogen) atoms. The number of sulfone groups is 1. The molecule has 6 heteroatoms. The average molecular weight is 307 g/mol. The Hall–Kier alpha value is -0.460. The van der Waals surface area contributed by atoms with Crippen molar-refractivity contribution in [1.29, 1.82) is 0 Å². The molecule has 0 fully saturated rings. The van der Waals surface area contributed by atoms with Gasteiger partial charge in [0.1, 0.15) is 0 Å². The highest BCUT2D eigenvalue weighted by atomic mass is 79.9. The van der Waals surface area contributed by atoms with E-state index >= 15 is 0 Å². The number of pyridine rings is 1. The first-order valence-electron chi connectivity index (χ1n) is 4.97. The van der Waals surface area contributed by atoms with Crippen LogP contribution in [-0.2, 0) is 15.6 Å². The highest BCUT2D eigenvalue weighted by Gasteiger charge is 2.20. The monoisotopic (exact) mass is 306 g/mol. The van der Waals surface area contributed by atoms with Crippen molar-refractivity contribution in [2.24, 2.45) is 5.73 Å². The van der Waals surface area contributed by atoms with Crippen LogP contribution in [-0.4, -0.2) is 25.2 Å². The van der Waals surface area contributed by atoms with Gasteiger partial charge in [-0.25, -0.2) is 8.42 Å². The Labute approximate surface area is 104 Å². The molecule has 0 saturated heterocycles. The van der Waals surface area contributed by atoms with Crippen molar-refractivity contribution in [1.82, 2.24) is 4.98 Å². The first-order valence-corrected chi connectivity index (χ1v) is 7.47. The number of nitrogens with two attached hydrogens (primary N) is 1. The molecule has 0 saturated carbocycles. The van der Waals surface area contributed by atoms with E-state index in [9.17, 15) is 8.42 Å². The predicted octanol–water partition coefficient (Wildman–Crippen LogP) is 1.50. The molecule has 1 heterocycles. The minimum atomic E-state index is -3.13. The molecule has 0 aromatic carbocycles. The lowest BCUT2D eigenvalue weighted by molar-refractivity contribution is 0.577. The zero-order valence-electron chi connectivity index (χ0n) is 9.06. The highest BCUT2D eigenvalue weighted by Crippen LogP contribution is 2.15. The maximum atomic E-state index is 11.9. The Balaban J connectivity index is 2.80. The molecule has 90 valence electrons. The van der Waals surface area contributed by atoms with Crippen molar-refractivity contribution in [3.63, 3.8) is 0 Å². The molecule has 0 aliphatic rings. The molecule has 0 spiro atoms. The fourth-order valence-electron chi connectivity index (χ4n) is 1.32. The Morgan fingerprint density at radius 1 is 1.50 bits per heavy atom. The first-order chi connectivity index (χ1) is 7.45. The third-order valence-corrected chi connectivity index (χ3v) is 4.95. The lowest BCUT2D eigenvalue weighted by Crippen LogP contribution is -2.22. The third-order valence-electron chi connectivity index (χ3n) is 2.32. The summed E-state index contributed by atoms with van der Waals surface area (Å²) in [6, 6.07) is 1.76. The van der Waals surface area contributed by atoms with E-state index in [1.807, 2.05) is 0 Å². The lowest BCUT2D eigenvalue weighted by Gasteiger charge is -2.11. The number of rotatable bonds is 5. The number of halogens is 1. The molecule has 0 bridgehead atoms. The topological polar surface area (TPSA) is 73.1 Å². The van der Waals surface area contributed by atoms with Gasteiger partial charge in [0.25, 0.3) is 0 Å². The van der Waals surface area contributed by atoms with Crippen LogP contribution in [0.15, 0.2) is 22.9 Å². The number of aromatic nitrogens is 1. The third kappa shape index (κ3) is 3.84. The van der Waals surface area contributed by atoms with E-state index in [2.05, 4.69) is 20.9 Å². The quantitative estimate of drug-likeness (QED) is 0.894. The van der Waals surface area contributed by atoms with Crippen molar-refractivity contribution in [3.8, 4) is 0 Å². The van der Waals surface area contributed by atoms with Gasteiger partial charge >= 0.3 is 0 Å². The van der Waals surface area contributed by atoms with E-state index in [1.165, 1.54) is 0 Å². The maximum absolute atomic E-state index is 11.9. The molecule has 1 aromatic heterocycles. The van der Waals surface area contributed by atoms with Crippen LogP contribution in [0.4, 0.5) is 0 Å². The van der Waals surface area contributed by atoms with Gasteiger partial charge in [-0.15, -0.1) is 0 Å². The molecular formula is C10H15BrN2O2S. The van der Waals surface area contributed by atoms with Crippen LogP contribution < -0.4 is 5.73 Å². The molecular weight excluding hydrogens is 292 g/mol. The molecule has 0 aliphatic carbocycles. The molecule has 0 amide bonds. The van der Waals surface area contributed by atoms with Gasteiger partial charge in [0.05, 0.1) is 11.0 Å². The van der Waals surface area contributed by atoms with Gasteiger partial charge in [0, 0.05) is 16.9 Å². The average Bonchev–Trinajstić information content (AvgIpc) is 2.17. The van der Waals surface area contributed by atoms with E-state index < -0.39 is 15.1 Å². The van der Waals surface area contributed by atoms with E-state index in [4.69, 9.17) is 5.73 Å². The van der Waals surface area contributed by atoms with Gasteiger partial charge in [-0.1, -0.05) is 0 Å². The van der Waals surface area contributed by atoms with Crippen molar-refractivity contribution in [2.75, 3.05) is 6.54 Å². The van der Waals surface area contributed by atoms with Crippen LogP contribution in [0.1, 0.15) is 18.9 Å². The zero-order chi connectivity index (χ0) is 12.2. The van der Waals surface area contributed by atoms with Crippen LogP contribution in [0.2, 0.25) is 0 Å². The van der Waals surface area contributed by atoms with Crippen LogP contribution in [0.3, 0.4) is 0 Å². The normalized spacial score (nSPS) is 13.7. The summed E-state index contributed by atoms with van der Waals surface area (Å²) < 4.78 is 24.6. The molecule has 1 rings (SSSR count). The molecule has 1 aromatic rings. The van der Waals surface area contributed by atoms with E-state index in [1.54, 1.807) is 25.4 Å². The summed E-state index contributed by atoms with van der Waals surface area (Å²) in [7, 11) is -3.13. The van der Waals surface area contributed by atoms with Crippen LogP contribution >= 0.6 is 15.9 Å². The molecule has 4 nitrogen and oxygen atoms in total. The Kier molecular flexibility index (Phi) is 4.89. The molecule has 1 atom stereocenters. The van der Waals surface area contributed by atoms with E-state index in [0.29, 0.717) is 18.5 Å². The van der Waals surface area contributed by atoms with Gasteiger partial charge in [0.15, 0.2) is 9.84 Å². The Morgan fingerprint density at radius 3 is 2.75 bits per heavy atom. The summed E-state index contributed by atoms with van der Waals surface area (Å²) >= 11 is 3.26. The highest BCUT2D eigenvalue weighted by molar-refractivity contribution is 9.10. The van der Waals surface area contributed by atoms with Crippen molar-refractivity contribution < 1.29 is 8.42 Å². The lowest BCUT2D eigenvalue weighted by atomic mass is 10.3. The van der Waals surface area contributed by atoms with Gasteiger partial charge < -0.3 is 5.73 Å². The zero-order valence-corrected chi connectivity index (χ0v) is 11.5. The molecule has 0 radical (unpaired) electrons. The second-order valence-corrected chi connectivity index (χ2v) is 7.04. The molecule has 1 unspecified atom stereocenters. The van der Waals surface area contributed by atoms with Crippen molar-refractivity contribution >= 4 is 25.8 Å². The van der Waals surface area contributed by atoms with Crippen molar-refractivity contribution in [3.05, 3.63) is 28.5 Å². The summed E-state index contributed by atoms with van der Waals surface area (Å²) in [6.07, 6.45) is 3.68. The molecule has 2 N–H and O–H groups in total. The van der Waals surface area contributed by atoms with Crippen molar-refractivity contribution in [2.45, 2.75) is 24.3 Å². The van der Waals surface area contributed by atoms with Gasteiger partial charge in [0.2, 0.25) is 0 Å². The Morgan fingerprint density at radius 2 is 2.19 bits per heavy atom. The predicted molar refractivity (Wildman–Crippen MR) is 67.7 cm³/mol. The fourth-order valence-corrected chi connectivity index (χ4v) is 3.14. The first kappa shape index (κ1) is 13.6. The van der Waals surface area contributed by atoms with Crippen LogP contribution in [0, 0.1) is 0 Å². The van der Waals surface area contributed by atoms with Gasteiger partial charge in [-0.2, -0.15) is 0 Å². The summed E-state index contributed by atoms with van der Waals surface area (Å²) in [4.78, 5) is 3.94. The van der Waals surface area contributed by atoms with Crippen LogP contribution in [0.25, 0.3) is 0 Å². The summed E-state index contributed by atoms with van der Waals surface area (Å²) in [5.74, 6) is 0.0145. The summed E-state index contributed by atoms with van der Waals surface area (Å²) in [5, 5.41) is -0.406. The van der Waals surface area contributed by atoms with E-state index in [0.717, 1.165) is 4.47 Å². The fraction of sp³-hybridized carbons (Fsp3) is 0.500. The standard InChI is InChI=1S/C10H15BrN2O2S/c1-8(2-3-12)16(14,15)7-9-4-10(11)6-13-5-9/h4-6,8H,2-3,7,12H2,1H3. The second-order valence-electron chi connectivity index (χ2n) is 3.71. The SMILES string of the molecule is CC(CCN)S(=O)(=O)Cc1cncc(Br)c1. The largest absolute Gasteiger partial charge is 0.330 e. The second kappa shape index (κ2) is 5.75. The van der Waals surface area contributed by atoms with E-state index in [-0.39, 0.29) is 5.75 Å². The maximum Gasteiger partial charge on any atom is 0.157 e. The van der Waals surface area contributed by atoms with Crippen LogP contribution in [0.5, 0.6) is 0 Å². The number of nitrogens with zero attached hydrogens (tertiary/aromatic N) is 1. The minimum absolute atomic E-state index is 0.0145. The number of hydrogen-bond acceptors (Lipinski definition) is 4. The van der Waals surface area contributed by atoms with Gasteiger partial charge in [-0.3, -0.25) is 4.98 Å². The number of hydrogen-bond donors (Lipinski definition) is 1. The molecule has 0 aliphatic heterocycles. The minimum Gasteiger partial charge on any atom is -0.330 e. The Bertz CT molecular complexity index is 448. The van der Waals surface area contributed by atoms with Gasteiger partial charge in [-0.05, 0) is 47.4 Å².